The number of rotatable bonds is 5. The van der Waals surface area contributed by atoms with Crippen molar-refractivity contribution in [2.24, 2.45) is 0 Å². The molecule has 1 saturated heterocycles. The Labute approximate surface area is 196 Å². The number of piperazine rings is 1. The van der Waals surface area contributed by atoms with Gasteiger partial charge >= 0.3 is 24.0 Å². The van der Waals surface area contributed by atoms with E-state index in [9.17, 15) is 44.7 Å². The number of carbonyl (C=O) groups is 1. The zero-order valence-electron chi connectivity index (χ0n) is 17.9. The van der Waals surface area contributed by atoms with Gasteiger partial charge in [0.25, 0.3) is 0 Å². The fraction of sp³-hybridized carbons (Fsp3) is 0.450. The number of alkyl halides is 6. The number of benzene rings is 1. The lowest BCUT2D eigenvalue weighted by Gasteiger charge is -2.44. The van der Waals surface area contributed by atoms with E-state index >= 15 is 0 Å². The average molecular weight is 528 g/mol. The summed E-state index contributed by atoms with van der Waals surface area (Å²) in [5.41, 5.74) is -0.723. The highest BCUT2D eigenvalue weighted by atomic mass is 19.4. The third-order valence-electron chi connectivity index (χ3n) is 5.56. The van der Waals surface area contributed by atoms with E-state index in [1.54, 1.807) is 0 Å². The molecule has 0 radical (unpaired) electrons. The summed E-state index contributed by atoms with van der Waals surface area (Å²) in [5, 5.41) is 0. The molecule has 0 spiro atoms. The third kappa shape index (κ3) is 5.37. The van der Waals surface area contributed by atoms with Crippen molar-refractivity contribution >= 4 is 11.8 Å². The molecule has 2 aliphatic rings. The summed E-state index contributed by atoms with van der Waals surface area (Å²) in [4.78, 5) is 29.6. The predicted octanol–water partition coefficient (Wildman–Crippen LogP) is 2.60. The van der Waals surface area contributed by atoms with Gasteiger partial charge in [0.15, 0.2) is 17.9 Å². The zero-order valence-corrected chi connectivity index (χ0v) is 17.9. The number of hydrogen-bond donors (Lipinski definition) is 0. The molecule has 0 aliphatic carbocycles. The minimum atomic E-state index is -5.45. The first kappa shape index (κ1) is 25.7. The van der Waals surface area contributed by atoms with Gasteiger partial charge in [-0.25, -0.2) is 18.4 Å². The number of esters is 1. The average Bonchev–Trinajstić information content (AvgIpc) is 3.14. The molecule has 36 heavy (non-hydrogen) atoms. The van der Waals surface area contributed by atoms with Gasteiger partial charge in [0.2, 0.25) is 5.88 Å². The molecule has 2 unspecified atom stereocenters. The van der Waals surface area contributed by atoms with E-state index in [1.807, 2.05) is 0 Å². The van der Waals surface area contributed by atoms with Crippen LogP contribution < -0.4 is 15.3 Å². The second-order valence-electron chi connectivity index (χ2n) is 8.02. The van der Waals surface area contributed by atoms with Gasteiger partial charge < -0.3 is 14.4 Å². The van der Waals surface area contributed by atoms with E-state index in [2.05, 4.69) is 9.72 Å². The lowest BCUT2D eigenvalue weighted by molar-refractivity contribution is -0.224. The standard InChI is InChI=1S/C20H16F8N4O4/c21-11-2-1-10(5-12(11)22)8-35-14-6-15-31-4-3-30(9-19(23,24)25)16(36-17(33)20(26,27)28)13(31)7-32(15)18(34)29-14/h1-2,5-6,13,16H,3-4,7-9H2. The number of carbonyl (C=O) groups excluding carboxylic acids is 1. The van der Waals surface area contributed by atoms with Crippen LogP contribution in [0.15, 0.2) is 29.1 Å². The van der Waals surface area contributed by atoms with Crippen LogP contribution in [0.1, 0.15) is 5.56 Å². The van der Waals surface area contributed by atoms with Crippen molar-refractivity contribution in [3.05, 3.63) is 51.9 Å². The molecule has 0 bridgehead atoms. The summed E-state index contributed by atoms with van der Waals surface area (Å²) in [6.45, 7) is -2.95. The van der Waals surface area contributed by atoms with Crippen LogP contribution in [0.25, 0.3) is 0 Å². The molecule has 2 atom stereocenters. The first-order valence-corrected chi connectivity index (χ1v) is 10.3. The minimum absolute atomic E-state index is 0.0694. The number of aromatic nitrogens is 2. The van der Waals surface area contributed by atoms with Crippen LogP contribution in [0, 0.1) is 11.6 Å². The highest BCUT2D eigenvalue weighted by Crippen LogP contribution is 2.35. The molecule has 1 aromatic carbocycles. The number of anilines is 1. The maximum Gasteiger partial charge on any atom is 0.490 e. The summed E-state index contributed by atoms with van der Waals surface area (Å²) in [6.07, 6.45) is -12.2. The molecular weight excluding hydrogens is 512 g/mol. The van der Waals surface area contributed by atoms with Gasteiger partial charge in [0.1, 0.15) is 12.4 Å². The number of halogens is 8. The van der Waals surface area contributed by atoms with Gasteiger partial charge in [0.05, 0.1) is 19.1 Å². The number of ether oxygens (including phenoxy) is 2. The van der Waals surface area contributed by atoms with E-state index in [4.69, 9.17) is 4.74 Å². The molecule has 0 N–H and O–H groups in total. The first-order chi connectivity index (χ1) is 16.7. The quantitative estimate of drug-likeness (QED) is 0.437. The molecule has 0 saturated carbocycles. The van der Waals surface area contributed by atoms with Gasteiger partial charge in [-0.1, -0.05) is 6.07 Å². The SMILES string of the molecule is O=C(OC1C2Cn3c(cc(OCc4ccc(F)c(F)c4)nc3=O)N2CCN1CC(F)(F)F)C(F)(F)F. The van der Waals surface area contributed by atoms with Crippen LogP contribution in [0.5, 0.6) is 5.88 Å². The Morgan fingerprint density at radius 2 is 1.78 bits per heavy atom. The summed E-state index contributed by atoms with van der Waals surface area (Å²) >= 11 is 0. The van der Waals surface area contributed by atoms with Gasteiger partial charge in [-0.2, -0.15) is 31.3 Å². The molecular formula is C20H16F8N4O4. The Hall–Kier alpha value is -3.43. The molecule has 3 heterocycles. The maximum absolute atomic E-state index is 13.4. The highest BCUT2D eigenvalue weighted by molar-refractivity contribution is 5.76. The van der Waals surface area contributed by atoms with E-state index < -0.39 is 67.6 Å². The normalized spacial score (nSPS) is 20.2. The monoisotopic (exact) mass is 528 g/mol. The van der Waals surface area contributed by atoms with Gasteiger partial charge in [-0.15, -0.1) is 0 Å². The van der Waals surface area contributed by atoms with E-state index in [-0.39, 0.29) is 30.4 Å². The summed E-state index contributed by atoms with van der Waals surface area (Å²) in [5.74, 6) is -5.07. The van der Waals surface area contributed by atoms with Gasteiger partial charge in [-0.05, 0) is 17.7 Å². The summed E-state index contributed by atoms with van der Waals surface area (Å²) < 4.78 is 115. The van der Waals surface area contributed by atoms with Crippen molar-refractivity contribution in [2.45, 2.75) is 37.8 Å². The second kappa shape index (κ2) is 9.22. The molecule has 2 aliphatic heterocycles. The molecule has 16 heteroatoms. The molecule has 1 aromatic heterocycles. The van der Waals surface area contributed by atoms with Crippen molar-refractivity contribution in [1.29, 1.82) is 0 Å². The van der Waals surface area contributed by atoms with Crippen molar-refractivity contribution in [3.63, 3.8) is 0 Å². The number of hydrogen-bond acceptors (Lipinski definition) is 7. The Balaban J connectivity index is 1.59. The largest absolute Gasteiger partial charge is 0.490 e. The molecule has 4 rings (SSSR count). The van der Waals surface area contributed by atoms with E-state index in [0.29, 0.717) is 4.90 Å². The summed E-state index contributed by atoms with van der Waals surface area (Å²) in [7, 11) is 0. The molecule has 8 nitrogen and oxygen atoms in total. The lowest BCUT2D eigenvalue weighted by Crippen LogP contribution is -2.62. The lowest BCUT2D eigenvalue weighted by atomic mass is 10.1. The third-order valence-corrected chi connectivity index (χ3v) is 5.56. The van der Waals surface area contributed by atoms with Crippen molar-refractivity contribution < 1.29 is 49.4 Å². The van der Waals surface area contributed by atoms with Crippen LogP contribution in [-0.4, -0.2) is 64.7 Å². The second-order valence-corrected chi connectivity index (χ2v) is 8.02. The fourth-order valence-corrected chi connectivity index (χ4v) is 4.06. The molecule has 2 aromatic rings. The van der Waals surface area contributed by atoms with Gasteiger partial charge in [0, 0.05) is 19.2 Å². The predicted molar refractivity (Wildman–Crippen MR) is 104 cm³/mol. The Kier molecular flexibility index (Phi) is 6.57. The van der Waals surface area contributed by atoms with Crippen molar-refractivity contribution in [3.8, 4) is 5.88 Å². The van der Waals surface area contributed by atoms with Gasteiger partial charge in [-0.3, -0.25) is 9.47 Å². The minimum Gasteiger partial charge on any atom is -0.473 e. The van der Waals surface area contributed by atoms with Crippen molar-refractivity contribution in [1.82, 2.24) is 14.5 Å². The smallest absolute Gasteiger partial charge is 0.473 e. The van der Waals surface area contributed by atoms with E-state index in [0.717, 1.165) is 16.7 Å². The number of nitrogens with zero attached hydrogens (tertiary/aromatic N) is 4. The molecule has 1 fully saturated rings. The first-order valence-electron chi connectivity index (χ1n) is 10.3. The summed E-state index contributed by atoms with van der Waals surface area (Å²) in [6, 6.07) is 2.93. The number of fused-ring (bicyclic) bond motifs is 3. The zero-order chi connectivity index (χ0) is 26.4. The van der Waals surface area contributed by atoms with Crippen molar-refractivity contribution in [2.75, 3.05) is 24.5 Å². The van der Waals surface area contributed by atoms with Crippen LogP contribution in [0.2, 0.25) is 0 Å². The van der Waals surface area contributed by atoms with Crippen LogP contribution in [-0.2, 0) is 22.7 Å². The maximum atomic E-state index is 13.4. The fourth-order valence-electron chi connectivity index (χ4n) is 4.06. The topological polar surface area (TPSA) is 76.9 Å². The van der Waals surface area contributed by atoms with E-state index in [1.165, 1.54) is 17.0 Å². The van der Waals surface area contributed by atoms with Crippen LogP contribution >= 0.6 is 0 Å². The Bertz CT molecular complexity index is 1220. The van der Waals surface area contributed by atoms with Crippen LogP contribution in [0.3, 0.4) is 0 Å². The highest BCUT2D eigenvalue weighted by Gasteiger charge is 2.51. The molecule has 0 amide bonds. The van der Waals surface area contributed by atoms with Crippen LogP contribution in [0.4, 0.5) is 40.9 Å². The molecule has 196 valence electrons. The Morgan fingerprint density at radius 1 is 1.06 bits per heavy atom. The Morgan fingerprint density at radius 3 is 2.42 bits per heavy atom.